The van der Waals surface area contributed by atoms with Crippen LogP contribution in [0.2, 0.25) is 0 Å². The number of anilines is 1. The summed E-state index contributed by atoms with van der Waals surface area (Å²) in [5.41, 5.74) is 0.830. The molecule has 1 N–H and O–H groups in total. The zero-order valence-electron chi connectivity index (χ0n) is 12.9. The lowest BCUT2D eigenvalue weighted by Crippen LogP contribution is -2.40. The standard InChI is InChI=1S/C16H20N6O/c1-3-13(9-17-10-14-4-2-8-23-14)11-21(6-1)15-16-20-19-12-22(16)7-5-18-15/h2,4-5,7-8,12-13,17H,1,3,6,9-11H2/t13-/m0/s1. The zero-order chi connectivity index (χ0) is 15.5. The Kier molecular flexibility index (Phi) is 3.94. The Morgan fingerprint density at radius 1 is 1.39 bits per heavy atom. The van der Waals surface area contributed by atoms with Crippen molar-refractivity contribution in [3.63, 3.8) is 0 Å². The van der Waals surface area contributed by atoms with Gasteiger partial charge in [-0.2, -0.15) is 0 Å². The number of rotatable bonds is 5. The third kappa shape index (κ3) is 3.05. The average Bonchev–Trinajstić information content (AvgIpc) is 3.26. The van der Waals surface area contributed by atoms with Crippen molar-refractivity contribution >= 4 is 11.5 Å². The molecule has 0 amide bonds. The average molecular weight is 312 g/mol. The first kappa shape index (κ1) is 14.2. The van der Waals surface area contributed by atoms with E-state index in [4.69, 9.17) is 4.42 Å². The largest absolute Gasteiger partial charge is 0.468 e. The Morgan fingerprint density at radius 2 is 2.39 bits per heavy atom. The molecule has 1 atom stereocenters. The molecule has 7 nitrogen and oxygen atoms in total. The van der Waals surface area contributed by atoms with Gasteiger partial charge >= 0.3 is 0 Å². The van der Waals surface area contributed by atoms with Crippen LogP contribution in [0, 0.1) is 5.92 Å². The van der Waals surface area contributed by atoms with Crippen molar-refractivity contribution in [1.29, 1.82) is 0 Å². The minimum Gasteiger partial charge on any atom is -0.468 e. The number of aromatic nitrogens is 4. The third-order valence-electron chi connectivity index (χ3n) is 4.33. The maximum Gasteiger partial charge on any atom is 0.203 e. The van der Waals surface area contributed by atoms with E-state index < -0.39 is 0 Å². The number of piperidine rings is 1. The highest BCUT2D eigenvalue weighted by Crippen LogP contribution is 2.23. The predicted octanol–water partition coefficient (Wildman–Crippen LogP) is 1.72. The summed E-state index contributed by atoms with van der Waals surface area (Å²) >= 11 is 0. The highest BCUT2D eigenvalue weighted by atomic mass is 16.3. The monoisotopic (exact) mass is 312 g/mol. The highest BCUT2D eigenvalue weighted by molar-refractivity contribution is 5.63. The second-order valence-electron chi connectivity index (χ2n) is 5.98. The molecule has 3 aromatic heterocycles. The topological polar surface area (TPSA) is 71.5 Å². The normalized spacial score (nSPS) is 18.6. The van der Waals surface area contributed by atoms with E-state index in [-0.39, 0.29) is 0 Å². The number of fused-ring (bicyclic) bond motifs is 1. The highest BCUT2D eigenvalue weighted by Gasteiger charge is 2.23. The molecule has 120 valence electrons. The second kappa shape index (κ2) is 6.37. The van der Waals surface area contributed by atoms with Crippen LogP contribution in [-0.4, -0.2) is 39.2 Å². The minimum absolute atomic E-state index is 0.601. The van der Waals surface area contributed by atoms with E-state index in [1.165, 1.54) is 12.8 Å². The molecule has 0 unspecified atom stereocenters. The minimum atomic E-state index is 0.601. The summed E-state index contributed by atoms with van der Waals surface area (Å²) in [6.07, 6.45) is 9.52. The molecule has 0 spiro atoms. The van der Waals surface area contributed by atoms with Crippen molar-refractivity contribution in [2.24, 2.45) is 5.92 Å². The molecule has 3 aromatic rings. The predicted molar refractivity (Wildman–Crippen MR) is 86.1 cm³/mol. The molecule has 7 heteroatoms. The van der Waals surface area contributed by atoms with E-state index in [1.54, 1.807) is 12.6 Å². The van der Waals surface area contributed by atoms with Crippen LogP contribution in [-0.2, 0) is 6.54 Å². The van der Waals surface area contributed by atoms with Crippen LogP contribution in [0.25, 0.3) is 5.65 Å². The summed E-state index contributed by atoms with van der Waals surface area (Å²) in [5, 5.41) is 11.7. The molecule has 0 aromatic carbocycles. The SMILES string of the molecule is c1coc(CNC[C@@H]2CCCN(c3nccn4cnnc34)C2)c1. The summed E-state index contributed by atoms with van der Waals surface area (Å²) in [7, 11) is 0. The van der Waals surface area contributed by atoms with Gasteiger partial charge in [-0.15, -0.1) is 10.2 Å². The van der Waals surface area contributed by atoms with Gasteiger partial charge in [0.2, 0.25) is 5.65 Å². The van der Waals surface area contributed by atoms with Crippen molar-refractivity contribution < 1.29 is 4.42 Å². The first-order valence-electron chi connectivity index (χ1n) is 8.02. The van der Waals surface area contributed by atoms with Crippen molar-refractivity contribution in [1.82, 2.24) is 24.9 Å². The Balaban J connectivity index is 1.40. The zero-order valence-corrected chi connectivity index (χ0v) is 12.9. The van der Waals surface area contributed by atoms with Crippen LogP contribution in [0.5, 0.6) is 0 Å². The summed E-state index contributed by atoms with van der Waals surface area (Å²) < 4.78 is 7.27. The molecule has 4 heterocycles. The molecule has 23 heavy (non-hydrogen) atoms. The molecule has 1 aliphatic heterocycles. The molecule has 0 saturated carbocycles. The van der Waals surface area contributed by atoms with E-state index in [9.17, 15) is 0 Å². The first-order valence-corrected chi connectivity index (χ1v) is 8.02. The summed E-state index contributed by atoms with van der Waals surface area (Å²) in [4.78, 5) is 6.85. The number of hydrogen-bond acceptors (Lipinski definition) is 6. The van der Waals surface area contributed by atoms with Crippen LogP contribution in [0.1, 0.15) is 18.6 Å². The van der Waals surface area contributed by atoms with Crippen LogP contribution >= 0.6 is 0 Å². The summed E-state index contributed by atoms with van der Waals surface area (Å²) in [5.74, 6) is 2.51. The lowest BCUT2D eigenvalue weighted by Gasteiger charge is -2.33. The fourth-order valence-corrected chi connectivity index (χ4v) is 3.21. The van der Waals surface area contributed by atoms with Crippen molar-refractivity contribution in [3.05, 3.63) is 42.9 Å². The number of hydrogen-bond donors (Lipinski definition) is 1. The van der Waals surface area contributed by atoms with Crippen LogP contribution in [0.4, 0.5) is 5.82 Å². The van der Waals surface area contributed by atoms with Gasteiger partial charge in [0.05, 0.1) is 12.8 Å². The summed E-state index contributed by atoms with van der Waals surface area (Å²) in [6, 6.07) is 3.92. The van der Waals surface area contributed by atoms with E-state index in [2.05, 4.69) is 25.4 Å². The van der Waals surface area contributed by atoms with Gasteiger partial charge in [0, 0.05) is 32.0 Å². The maximum atomic E-state index is 5.35. The van der Waals surface area contributed by atoms with Gasteiger partial charge in [-0.25, -0.2) is 4.98 Å². The van der Waals surface area contributed by atoms with Gasteiger partial charge in [-0.3, -0.25) is 4.40 Å². The van der Waals surface area contributed by atoms with E-state index >= 15 is 0 Å². The maximum absolute atomic E-state index is 5.35. The Hall–Kier alpha value is -2.41. The van der Waals surface area contributed by atoms with Crippen LogP contribution < -0.4 is 10.2 Å². The Bertz CT molecular complexity index is 753. The molecule has 0 bridgehead atoms. The fourth-order valence-electron chi connectivity index (χ4n) is 3.21. The molecule has 0 aliphatic carbocycles. The molecular weight excluding hydrogens is 292 g/mol. The smallest absolute Gasteiger partial charge is 0.203 e. The van der Waals surface area contributed by atoms with Crippen molar-refractivity contribution in [2.45, 2.75) is 19.4 Å². The van der Waals surface area contributed by atoms with Gasteiger partial charge < -0.3 is 14.6 Å². The Labute approximate surface area is 134 Å². The fraction of sp³-hybridized carbons (Fsp3) is 0.438. The number of nitrogens with zero attached hydrogens (tertiary/aromatic N) is 5. The Morgan fingerprint density at radius 3 is 3.30 bits per heavy atom. The van der Waals surface area contributed by atoms with Gasteiger partial charge in [-0.1, -0.05) is 0 Å². The number of furan rings is 1. The molecule has 1 fully saturated rings. The lowest BCUT2D eigenvalue weighted by atomic mass is 9.98. The third-order valence-corrected chi connectivity index (χ3v) is 4.33. The van der Waals surface area contributed by atoms with Gasteiger partial charge in [0.15, 0.2) is 5.82 Å². The first-order chi connectivity index (χ1) is 11.4. The molecule has 1 saturated heterocycles. The lowest BCUT2D eigenvalue weighted by molar-refractivity contribution is 0.380. The number of nitrogens with one attached hydrogen (secondary N) is 1. The van der Waals surface area contributed by atoms with Crippen molar-refractivity contribution in [2.75, 3.05) is 24.5 Å². The molecule has 1 aliphatic rings. The van der Waals surface area contributed by atoms with Gasteiger partial charge in [0.25, 0.3) is 0 Å². The molecule has 0 radical (unpaired) electrons. The van der Waals surface area contributed by atoms with Crippen LogP contribution in [0.15, 0.2) is 41.5 Å². The molecule has 4 rings (SSSR count). The van der Waals surface area contributed by atoms with Gasteiger partial charge in [0.1, 0.15) is 12.1 Å². The second-order valence-corrected chi connectivity index (χ2v) is 5.98. The van der Waals surface area contributed by atoms with Crippen LogP contribution in [0.3, 0.4) is 0 Å². The molecular formula is C16H20N6O. The van der Waals surface area contributed by atoms with Gasteiger partial charge in [-0.05, 0) is 30.9 Å². The van der Waals surface area contributed by atoms with Crippen molar-refractivity contribution in [3.8, 4) is 0 Å². The summed E-state index contributed by atoms with van der Waals surface area (Å²) in [6.45, 7) is 3.77. The van der Waals surface area contributed by atoms with E-state index in [1.807, 2.05) is 28.9 Å². The van der Waals surface area contributed by atoms with E-state index in [0.29, 0.717) is 5.92 Å². The van der Waals surface area contributed by atoms with E-state index in [0.717, 1.165) is 43.4 Å². The quantitative estimate of drug-likeness (QED) is 0.773.